The molecule has 0 radical (unpaired) electrons. The maximum absolute atomic E-state index is 6.20. The van der Waals surface area contributed by atoms with Crippen molar-refractivity contribution in [2.75, 3.05) is 13.2 Å². The molecule has 2 atom stereocenters. The minimum Gasteiger partial charge on any atom is -0.372 e. The Labute approximate surface area is 138 Å². The van der Waals surface area contributed by atoms with Crippen molar-refractivity contribution in [3.63, 3.8) is 0 Å². The molecule has 0 bridgehead atoms. The van der Waals surface area contributed by atoms with E-state index in [0.29, 0.717) is 5.92 Å². The number of hydrogen-bond donors (Lipinski definition) is 1. The summed E-state index contributed by atoms with van der Waals surface area (Å²) in [4.78, 5) is 0. The molecule has 0 aliphatic carbocycles. The highest BCUT2D eigenvalue weighted by atomic mass is 79.9. The van der Waals surface area contributed by atoms with E-state index in [0.717, 1.165) is 17.6 Å². The number of hydrogen-bond acceptors (Lipinski definition) is 2. The lowest BCUT2D eigenvalue weighted by Gasteiger charge is -2.27. The van der Waals surface area contributed by atoms with Crippen LogP contribution >= 0.6 is 15.9 Å². The first kappa shape index (κ1) is 18.7. The van der Waals surface area contributed by atoms with Crippen LogP contribution in [-0.2, 0) is 4.74 Å². The summed E-state index contributed by atoms with van der Waals surface area (Å²) in [6.07, 6.45) is 2.55. The second kappa shape index (κ2) is 8.92. The molecule has 0 fully saturated rings. The predicted molar refractivity (Wildman–Crippen MR) is 94.7 cm³/mol. The Morgan fingerprint density at radius 1 is 1.19 bits per heavy atom. The minimum atomic E-state index is 0.103. The molecule has 0 saturated heterocycles. The smallest absolute Gasteiger partial charge is 0.0949 e. The van der Waals surface area contributed by atoms with E-state index >= 15 is 0 Å². The molecule has 0 heterocycles. The van der Waals surface area contributed by atoms with E-state index in [4.69, 9.17) is 4.74 Å². The third-order valence-electron chi connectivity index (χ3n) is 3.42. The Bertz CT molecular complexity index is 397. The van der Waals surface area contributed by atoms with Crippen molar-refractivity contribution in [1.29, 1.82) is 0 Å². The average Bonchev–Trinajstić information content (AvgIpc) is 2.39. The molecule has 3 heteroatoms. The molecule has 1 aromatic carbocycles. The quantitative estimate of drug-likeness (QED) is 0.680. The summed E-state index contributed by atoms with van der Waals surface area (Å²) >= 11 is 3.49. The van der Waals surface area contributed by atoms with Crippen molar-refractivity contribution >= 4 is 15.9 Å². The average molecular weight is 356 g/mol. The highest BCUT2D eigenvalue weighted by molar-refractivity contribution is 9.10. The predicted octanol–water partition coefficient (Wildman–Crippen LogP) is 5.33. The van der Waals surface area contributed by atoms with Gasteiger partial charge in [0.25, 0.3) is 0 Å². The molecule has 0 spiro atoms. The SMILES string of the molecule is CCCC(C)COC(CNC(C)(C)C)c1ccc(Br)cc1. The number of halogens is 1. The van der Waals surface area contributed by atoms with Gasteiger partial charge in [0.05, 0.1) is 12.7 Å². The zero-order valence-electron chi connectivity index (χ0n) is 14.1. The molecule has 0 aliphatic rings. The zero-order valence-corrected chi connectivity index (χ0v) is 15.7. The maximum Gasteiger partial charge on any atom is 0.0949 e. The van der Waals surface area contributed by atoms with E-state index in [9.17, 15) is 0 Å². The van der Waals surface area contributed by atoms with Gasteiger partial charge >= 0.3 is 0 Å². The molecule has 2 nitrogen and oxygen atoms in total. The van der Waals surface area contributed by atoms with Gasteiger partial charge in [-0.2, -0.15) is 0 Å². The van der Waals surface area contributed by atoms with Gasteiger partial charge in [0.15, 0.2) is 0 Å². The normalized spacial score (nSPS) is 15.0. The van der Waals surface area contributed by atoms with Gasteiger partial charge < -0.3 is 10.1 Å². The van der Waals surface area contributed by atoms with E-state index in [-0.39, 0.29) is 11.6 Å². The van der Waals surface area contributed by atoms with Crippen LogP contribution in [0.4, 0.5) is 0 Å². The Hall–Kier alpha value is -0.380. The molecule has 0 amide bonds. The Morgan fingerprint density at radius 2 is 1.81 bits per heavy atom. The summed E-state index contributed by atoms with van der Waals surface area (Å²) in [5.41, 5.74) is 1.34. The van der Waals surface area contributed by atoms with Gasteiger partial charge in [-0.05, 0) is 50.8 Å². The molecular weight excluding hydrogens is 326 g/mol. The fraction of sp³-hybridized carbons (Fsp3) is 0.667. The summed E-state index contributed by atoms with van der Waals surface area (Å²) in [7, 11) is 0. The topological polar surface area (TPSA) is 21.3 Å². The molecule has 1 rings (SSSR count). The van der Waals surface area contributed by atoms with E-state index in [1.807, 2.05) is 0 Å². The van der Waals surface area contributed by atoms with Gasteiger partial charge in [-0.15, -0.1) is 0 Å². The molecular formula is C18H30BrNO. The van der Waals surface area contributed by atoms with Crippen LogP contribution in [0, 0.1) is 5.92 Å². The summed E-state index contributed by atoms with van der Waals surface area (Å²) < 4.78 is 7.30. The minimum absolute atomic E-state index is 0.103. The van der Waals surface area contributed by atoms with Gasteiger partial charge in [0.1, 0.15) is 0 Å². The number of ether oxygens (including phenoxy) is 1. The molecule has 0 saturated carbocycles. The molecule has 120 valence electrons. The van der Waals surface area contributed by atoms with Crippen LogP contribution in [0.15, 0.2) is 28.7 Å². The van der Waals surface area contributed by atoms with Crippen molar-refractivity contribution in [1.82, 2.24) is 5.32 Å². The summed E-state index contributed by atoms with van der Waals surface area (Å²) in [5, 5.41) is 3.55. The second-order valence-electron chi connectivity index (χ2n) is 6.90. The standard InChI is InChI=1S/C18H30BrNO/c1-6-7-14(2)13-21-17(12-20-18(3,4)5)15-8-10-16(19)11-9-15/h8-11,14,17,20H,6-7,12-13H2,1-5H3. The van der Waals surface area contributed by atoms with Crippen molar-refractivity contribution < 1.29 is 4.74 Å². The largest absolute Gasteiger partial charge is 0.372 e. The van der Waals surface area contributed by atoms with Gasteiger partial charge in [-0.1, -0.05) is 48.3 Å². The van der Waals surface area contributed by atoms with Crippen molar-refractivity contribution in [2.24, 2.45) is 5.92 Å². The summed E-state index contributed by atoms with van der Waals surface area (Å²) in [5.74, 6) is 0.614. The lowest BCUT2D eigenvalue weighted by atomic mass is 10.0. The third kappa shape index (κ3) is 7.98. The number of nitrogens with one attached hydrogen (secondary N) is 1. The number of rotatable bonds is 8. The molecule has 0 aromatic heterocycles. The maximum atomic E-state index is 6.20. The molecule has 21 heavy (non-hydrogen) atoms. The monoisotopic (exact) mass is 355 g/mol. The fourth-order valence-electron chi connectivity index (χ4n) is 2.21. The van der Waals surface area contributed by atoms with E-state index in [1.54, 1.807) is 0 Å². The third-order valence-corrected chi connectivity index (χ3v) is 3.95. The highest BCUT2D eigenvalue weighted by Crippen LogP contribution is 2.22. The van der Waals surface area contributed by atoms with E-state index < -0.39 is 0 Å². The first-order valence-corrected chi connectivity index (χ1v) is 8.73. The summed E-state index contributed by atoms with van der Waals surface area (Å²) in [6.45, 7) is 12.7. The zero-order chi connectivity index (χ0) is 15.9. The molecule has 2 unspecified atom stereocenters. The van der Waals surface area contributed by atoms with Crippen molar-refractivity contribution in [3.05, 3.63) is 34.3 Å². The van der Waals surface area contributed by atoms with Crippen LogP contribution in [0.2, 0.25) is 0 Å². The fourth-order valence-corrected chi connectivity index (χ4v) is 2.47. The molecule has 1 N–H and O–H groups in total. The first-order chi connectivity index (χ1) is 9.81. The summed E-state index contributed by atoms with van der Waals surface area (Å²) in [6, 6.07) is 8.45. The van der Waals surface area contributed by atoms with Crippen LogP contribution in [-0.4, -0.2) is 18.7 Å². The first-order valence-electron chi connectivity index (χ1n) is 7.94. The van der Waals surface area contributed by atoms with Gasteiger partial charge in [-0.3, -0.25) is 0 Å². The Balaban J connectivity index is 2.67. The lowest BCUT2D eigenvalue weighted by Crippen LogP contribution is -2.39. The Kier molecular flexibility index (Phi) is 7.93. The highest BCUT2D eigenvalue weighted by Gasteiger charge is 2.17. The van der Waals surface area contributed by atoms with E-state index in [2.05, 4.69) is 80.1 Å². The molecule has 1 aromatic rings. The van der Waals surface area contributed by atoms with Crippen LogP contribution in [0.1, 0.15) is 59.1 Å². The van der Waals surface area contributed by atoms with Gasteiger partial charge in [0, 0.05) is 16.6 Å². The number of benzene rings is 1. The van der Waals surface area contributed by atoms with Gasteiger partial charge in [0.2, 0.25) is 0 Å². The molecule has 0 aliphatic heterocycles. The van der Waals surface area contributed by atoms with Gasteiger partial charge in [-0.25, -0.2) is 0 Å². The lowest BCUT2D eigenvalue weighted by molar-refractivity contribution is 0.0265. The van der Waals surface area contributed by atoms with Crippen LogP contribution in [0.25, 0.3) is 0 Å². The van der Waals surface area contributed by atoms with Crippen molar-refractivity contribution in [3.8, 4) is 0 Å². The van der Waals surface area contributed by atoms with Crippen LogP contribution in [0.5, 0.6) is 0 Å². The van der Waals surface area contributed by atoms with Crippen molar-refractivity contribution in [2.45, 2.75) is 59.1 Å². The van der Waals surface area contributed by atoms with Crippen LogP contribution in [0.3, 0.4) is 0 Å². The Morgan fingerprint density at radius 3 is 2.33 bits per heavy atom. The van der Waals surface area contributed by atoms with Crippen LogP contribution < -0.4 is 5.32 Å². The second-order valence-corrected chi connectivity index (χ2v) is 7.81. The van der Waals surface area contributed by atoms with E-state index in [1.165, 1.54) is 18.4 Å².